The van der Waals surface area contributed by atoms with Gasteiger partial charge in [0, 0.05) is 24.6 Å². The van der Waals surface area contributed by atoms with Crippen molar-refractivity contribution >= 4 is 17.2 Å². The minimum Gasteiger partial charge on any atom is -0.381 e. The van der Waals surface area contributed by atoms with Crippen LogP contribution in [0.2, 0.25) is 0 Å². The molecule has 2 aliphatic rings. The summed E-state index contributed by atoms with van der Waals surface area (Å²) >= 11 is 1.62. The Kier molecular flexibility index (Phi) is 4.67. The molecular formula is C20H23NO2S. The predicted molar refractivity (Wildman–Crippen MR) is 97.7 cm³/mol. The molecule has 0 bridgehead atoms. The van der Waals surface area contributed by atoms with Gasteiger partial charge in [-0.1, -0.05) is 24.3 Å². The van der Waals surface area contributed by atoms with Gasteiger partial charge >= 0.3 is 0 Å². The van der Waals surface area contributed by atoms with Crippen LogP contribution in [0.3, 0.4) is 0 Å². The number of hydrogen-bond donors (Lipinski definition) is 1. The first kappa shape index (κ1) is 15.9. The molecule has 1 amide bonds. The van der Waals surface area contributed by atoms with Crippen molar-refractivity contribution in [3.8, 4) is 10.4 Å². The predicted octanol–water partition coefficient (Wildman–Crippen LogP) is 4.06. The van der Waals surface area contributed by atoms with E-state index < -0.39 is 0 Å². The minimum atomic E-state index is 0.0501. The monoisotopic (exact) mass is 341 g/mol. The lowest BCUT2D eigenvalue weighted by Crippen LogP contribution is -2.24. The number of thiophene rings is 1. The summed E-state index contributed by atoms with van der Waals surface area (Å²) in [5.41, 5.74) is 4.01. The average molecular weight is 341 g/mol. The minimum absolute atomic E-state index is 0.0501. The fraction of sp³-hybridized carbons (Fsp3) is 0.450. The molecule has 0 spiro atoms. The molecule has 3 nitrogen and oxygen atoms in total. The van der Waals surface area contributed by atoms with Crippen LogP contribution in [0.1, 0.15) is 40.1 Å². The van der Waals surface area contributed by atoms with E-state index in [9.17, 15) is 4.79 Å². The van der Waals surface area contributed by atoms with Gasteiger partial charge in [-0.25, -0.2) is 0 Å². The Hall–Kier alpha value is -1.65. The molecular weight excluding hydrogens is 318 g/mol. The van der Waals surface area contributed by atoms with Gasteiger partial charge in [0.2, 0.25) is 0 Å². The lowest BCUT2D eigenvalue weighted by Gasteiger charge is -2.15. The first-order valence-electron chi connectivity index (χ1n) is 8.88. The number of carbonyl (C=O) groups is 1. The molecule has 1 saturated carbocycles. The lowest BCUT2D eigenvalue weighted by atomic mass is 9.91. The molecule has 0 unspecified atom stereocenters. The Labute approximate surface area is 147 Å². The maximum absolute atomic E-state index is 12.4. The van der Waals surface area contributed by atoms with Crippen molar-refractivity contribution in [3.63, 3.8) is 0 Å². The zero-order valence-electron chi connectivity index (χ0n) is 13.8. The molecule has 4 heteroatoms. The Balaban J connectivity index is 1.32. The largest absolute Gasteiger partial charge is 0.381 e. The van der Waals surface area contributed by atoms with Crippen LogP contribution in [0.15, 0.2) is 30.3 Å². The van der Waals surface area contributed by atoms with Gasteiger partial charge in [0.1, 0.15) is 0 Å². The van der Waals surface area contributed by atoms with E-state index in [1.54, 1.807) is 11.3 Å². The van der Waals surface area contributed by atoms with Gasteiger partial charge in [0.15, 0.2) is 0 Å². The summed E-state index contributed by atoms with van der Waals surface area (Å²) in [4.78, 5) is 14.5. The maximum Gasteiger partial charge on any atom is 0.261 e. The molecule has 126 valence electrons. The second-order valence-corrected chi connectivity index (χ2v) is 7.80. The van der Waals surface area contributed by atoms with E-state index >= 15 is 0 Å². The normalized spacial score (nSPS) is 15.7. The van der Waals surface area contributed by atoms with Crippen LogP contribution in [0.5, 0.6) is 0 Å². The van der Waals surface area contributed by atoms with Crippen LogP contribution in [0.4, 0.5) is 0 Å². The molecule has 0 atom stereocenters. The van der Waals surface area contributed by atoms with E-state index in [0.29, 0.717) is 6.54 Å². The van der Waals surface area contributed by atoms with Crippen LogP contribution in [-0.4, -0.2) is 25.7 Å². The summed E-state index contributed by atoms with van der Waals surface area (Å²) in [5.74, 6) is 0.856. The second kappa shape index (κ2) is 7.08. The fourth-order valence-electron chi connectivity index (χ4n) is 3.18. The molecule has 2 aliphatic carbocycles. The molecule has 0 aliphatic heterocycles. The summed E-state index contributed by atoms with van der Waals surface area (Å²) in [5, 5.41) is 3.03. The van der Waals surface area contributed by atoms with Crippen LogP contribution in [0.25, 0.3) is 10.4 Å². The zero-order valence-corrected chi connectivity index (χ0v) is 14.7. The van der Waals surface area contributed by atoms with Gasteiger partial charge in [-0.2, -0.15) is 0 Å². The highest BCUT2D eigenvalue weighted by atomic mass is 32.1. The van der Waals surface area contributed by atoms with Gasteiger partial charge in [0.05, 0.1) is 4.88 Å². The van der Waals surface area contributed by atoms with Crippen molar-refractivity contribution in [2.24, 2.45) is 5.92 Å². The summed E-state index contributed by atoms with van der Waals surface area (Å²) in [7, 11) is 0. The molecule has 24 heavy (non-hydrogen) atoms. The van der Waals surface area contributed by atoms with Crippen molar-refractivity contribution < 1.29 is 9.53 Å². The summed E-state index contributed by atoms with van der Waals surface area (Å²) < 4.78 is 5.60. The fourth-order valence-corrected chi connectivity index (χ4v) is 4.37. The van der Waals surface area contributed by atoms with Gasteiger partial charge < -0.3 is 10.1 Å². The molecule has 0 saturated heterocycles. The van der Waals surface area contributed by atoms with Gasteiger partial charge in [-0.3, -0.25) is 4.79 Å². The number of aryl methyl sites for hydroxylation is 2. The number of amides is 1. The van der Waals surface area contributed by atoms with Crippen molar-refractivity contribution in [2.75, 3.05) is 19.8 Å². The summed E-state index contributed by atoms with van der Waals surface area (Å²) in [6.07, 6.45) is 5.63. The summed E-state index contributed by atoms with van der Waals surface area (Å²) in [6, 6.07) is 10.6. The zero-order chi connectivity index (χ0) is 16.4. The quantitative estimate of drug-likeness (QED) is 0.771. The van der Waals surface area contributed by atoms with Crippen molar-refractivity contribution in [2.45, 2.75) is 32.1 Å². The average Bonchev–Trinajstić information content (AvgIpc) is 3.32. The number of hydrogen-bond acceptors (Lipinski definition) is 3. The molecule has 2 aromatic rings. The Morgan fingerprint density at radius 2 is 2.04 bits per heavy atom. The first-order chi connectivity index (χ1) is 11.8. The maximum atomic E-state index is 12.4. The van der Waals surface area contributed by atoms with E-state index in [1.807, 2.05) is 0 Å². The van der Waals surface area contributed by atoms with E-state index in [4.69, 9.17) is 4.74 Å². The van der Waals surface area contributed by atoms with Crippen LogP contribution in [0, 0.1) is 5.92 Å². The smallest absolute Gasteiger partial charge is 0.261 e. The van der Waals surface area contributed by atoms with Gasteiger partial charge in [0.25, 0.3) is 5.91 Å². The van der Waals surface area contributed by atoms with Crippen LogP contribution < -0.4 is 5.32 Å². The Morgan fingerprint density at radius 1 is 1.21 bits per heavy atom. The van der Waals surface area contributed by atoms with Gasteiger partial charge in [-0.15, -0.1) is 11.3 Å². The third-order valence-corrected chi connectivity index (χ3v) is 5.97. The van der Waals surface area contributed by atoms with Crippen LogP contribution in [-0.2, 0) is 17.6 Å². The van der Waals surface area contributed by atoms with Crippen molar-refractivity contribution in [1.82, 2.24) is 5.32 Å². The number of benzene rings is 1. The first-order valence-corrected chi connectivity index (χ1v) is 9.70. The van der Waals surface area contributed by atoms with E-state index in [0.717, 1.165) is 43.3 Å². The topological polar surface area (TPSA) is 38.3 Å². The third kappa shape index (κ3) is 3.55. The van der Waals surface area contributed by atoms with E-state index in [1.165, 1.54) is 34.4 Å². The third-order valence-electron chi connectivity index (χ3n) is 4.76. The molecule has 0 radical (unpaired) electrons. The molecule has 1 aromatic heterocycles. The second-order valence-electron chi connectivity index (χ2n) is 6.75. The molecule has 1 N–H and O–H groups in total. The summed E-state index contributed by atoms with van der Waals surface area (Å²) in [6.45, 7) is 2.32. The van der Waals surface area contributed by atoms with Crippen molar-refractivity contribution in [3.05, 3.63) is 46.3 Å². The van der Waals surface area contributed by atoms with Gasteiger partial charge in [-0.05, 0) is 60.8 Å². The Morgan fingerprint density at radius 3 is 2.92 bits per heavy atom. The number of rotatable bonds is 7. The Bertz CT molecular complexity index is 733. The van der Waals surface area contributed by atoms with Crippen LogP contribution >= 0.6 is 11.3 Å². The number of ether oxygens (including phenoxy) is 1. The highest BCUT2D eigenvalue weighted by Crippen LogP contribution is 2.39. The SMILES string of the molecule is O=C(NCCCOCC1CC1)c1cc2c(s1)-c1ccccc1CC2. The molecule has 1 aromatic carbocycles. The standard InChI is InChI=1S/C20H23NO2S/c22-20(21-10-3-11-23-13-14-6-7-14)18-12-16-9-8-15-4-1-2-5-17(15)19(16)24-18/h1-2,4-5,12,14H,3,6-11,13H2,(H,21,22). The molecule has 4 rings (SSSR count). The van der Waals surface area contributed by atoms with E-state index in [-0.39, 0.29) is 5.91 Å². The lowest BCUT2D eigenvalue weighted by molar-refractivity contribution is 0.0941. The number of carbonyl (C=O) groups excluding carboxylic acids is 1. The van der Waals surface area contributed by atoms with Crippen molar-refractivity contribution in [1.29, 1.82) is 0 Å². The number of fused-ring (bicyclic) bond motifs is 3. The van der Waals surface area contributed by atoms with E-state index in [2.05, 4.69) is 35.6 Å². The molecule has 1 heterocycles. The highest BCUT2D eigenvalue weighted by Gasteiger charge is 2.22. The molecule has 1 fully saturated rings. The number of nitrogens with one attached hydrogen (secondary N) is 1. The highest BCUT2D eigenvalue weighted by molar-refractivity contribution is 7.17.